The van der Waals surface area contributed by atoms with Crippen molar-refractivity contribution in [1.82, 2.24) is 18.9 Å². The first-order valence-electron chi connectivity index (χ1n) is 9.93. The number of rotatable bonds is 4. The van der Waals surface area contributed by atoms with E-state index in [2.05, 4.69) is 16.0 Å². The number of ether oxygens (including phenoxy) is 1. The van der Waals surface area contributed by atoms with Gasteiger partial charge >= 0.3 is 0 Å². The predicted octanol–water partition coefficient (Wildman–Crippen LogP) is 4.44. The first-order chi connectivity index (χ1) is 15.7. The fourth-order valence-corrected chi connectivity index (χ4v) is 3.56. The summed E-state index contributed by atoms with van der Waals surface area (Å²) in [6.07, 6.45) is 3.13. The van der Waals surface area contributed by atoms with Crippen LogP contribution in [0.15, 0.2) is 83.8 Å². The molecule has 0 aliphatic heterocycles. The number of allylic oxidation sites excluding steroid dienone is 1. The topological polar surface area (TPSA) is 85.2 Å². The van der Waals surface area contributed by atoms with Crippen molar-refractivity contribution in [2.45, 2.75) is 0 Å². The van der Waals surface area contributed by atoms with E-state index in [0.717, 1.165) is 11.0 Å². The fraction of sp³-hybridized carbons (Fsp3) is 0.0400. The maximum Gasteiger partial charge on any atom is 0.269 e. The van der Waals surface area contributed by atoms with Gasteiger partial charge in [-0.2, -0.15) is 10.2 Å². The number of imidazole rings is 1. The van der Waals surface area contributed by atoms with Crippen LogP contribution in [0.25, 0.3) is 28.3 Å². The molecule has 0 amide bonds. The molecule has 0 atom stereocenters. The van der Waals surface area contributed by atoms with Crippen molar-refractivity contribution in [1.29, 1.82) is 5.26 Å². The van der Waals surface area contributed by atoms with Crippen LogP contribution in [0.1, 0.15) is 11.4 Å². The second-order valence-electron chi connectivity index (χ2n) is 7.13. The van der Waals surface area contributed by atoms with Crippen molar-refractivity contribution in [3.05, 3.63) is 101 Å². The van der Waals surface area contributed by atoms with Gasteiger partial charge in [0.05, 0.1) is 16.6 Å². The number of nitrogens with zero attached hydrogens (tertiary/aromatic N) is 5. The molecule has 0 spiro atoms. The summed E-state index contributed by atoms with van der Waals surface area (Å²) >= 11 is 0. The van der Waals surface area contributed by atoms with E-state index in [1.165, 1.54) is 10.5 Å². The summed E-state index contributed by atoms with van der Waals surface area (Å²) in [5.41, 5.74) is 2.16. The van der Waals surface area contributed by atoms with Crippen LogP contribution in [-0.4, -0.2) is 18.9 Å². The maximum atomic E-state index is 13.3. The smallest absolute Gasteiger partial charge is 0.269 e. The van der Waals surface area contributed by atoms with E-state index in [1.807, 2.05) is 54.1 Å². The molecule has 0 saturated heterocycles. The second-order valence-corrected chi connectivity index (χ2v) is 7.13. The molecule has 0 aliphatic rings. The lowest BCUT2D eigenvalue weighted by Crippen LogP contribution is -2.18. The fourth-order valence-electron chi connectivity index (χ4n) is 3.56. The average molecular weight is 419 g/mol. The third-order valence-corrected chi connectivity index (χ3v) is 5.13. The first-order valence-corrected chi connectivity index (χ1v) is 9.93. The highest BCUT2D eigenvalue weighted by Gasteiger charge is 2.17. The number of aryl methyl sites for hydroxylation is 1. The summed E-state index contributed by atoms with van der Waals surface area (Å²) in [5, 5.41) is 9.93. The molecule has 0 aliphatic carbocycles. The van der Waals surface area contributed by atoms with Crippen LogP contribution >= 0.6 is 0 Å². The third kappa shape index (κ3) is 3.30. The van der Waals surface area contributed by atoms with E-state index < -0.39 is 0 Å². The van der Waals surface area contributed by atoms with E-state index in [0.29, 0.717) is 17.2 Å². The molecule has 32 heavy (non-hydrogen) atoms. The van der Waals surface area contributed by atoms with Gasteiger partial charge in [-0.3, -0.25) is 9.20 Å². The van der Waals surface area contributed by atoms with Gasteiger partial charge in [-0.1, -0.05) is 36.4 Å². The van der Waals surface area contributed by atoms with Gasteiger partial charge < -0.3 is 9.30 Å². The molecule has 3 heterocycles. The summed E-state index contributed by atoms with van der Waals surface area (Å²) in [4.78, 5) is 22.5. The summed E-state index contributed by atoms with van der Waals surface area (Å²) < 4.78 is 9.22. The van der Waals surface area contributed by atoms with E-state index >= 15 is 0 Å². The van der Waals surface area contributed by atoms with Gasteiger partial charge in [0.15, 0.2) is 5.82 Å². The molecule has 0 fully saturated rings. The maximum absolute atomic E-state index is 13.3. The molecule has 7 heteroatoms. The highest BCUT2D eigenvalue weighted by Crippen LogP contribution is 2.26. The number of hydrogen-bond acceptors (Lipinski definition) is 5. The van der Waals surface area contributed by atoms with Crippen molar-refractivity contribution >= 4 is 28.3 Å². The summed E-state index contributed by atoms with van der Waals surface area (Å²) in [6, 6.07) is 24.1. The molecule has 0 bridgehead atoms. The first kappa shape index (κ1) is 19.3. The van der Waals surface area contributed by atoms with Gasteiger partial charge in [-0.05, 0) is 42.5 Å². The molecular formula is C25H17N5O2. The van der Waals surface area contributed by atoms with Gasteiger partial charge in [0.1, 0.15) is 23.0 Å². The molecule has 5 rings (SSSR count). The SMILES string of the molecule is Cn1c(C(C#N)=Cc2c(Oc3ccccc3)nc3ccccn3c2=O)nc2ccccc21. The standard InChI is InChI=1S/C25H17N5O2/c1-29-21-12-6-5-11-20(21)27-23(29)17(16-26)15-19-24(32-18-9-3-2-4-10-18)28-22-13-7-8-14-30(22)25(19)31/h2-15H,1H3. The Labute approximate surface area is 183 Å². The number of hydrogen-bond donors (Lipinski definition) is 0. The van der Waals surface area contributed by atoms with Crippen molar-refractivity contribution in [3.63, 3.8) is 0 Å². The largest absolute Gasteiger partial charge is 0.438 e. The van der Waals surface area contributed by atoms with Crippen LogP contribution in [0.5, 0.6) is 11.6 Å². The van der Waals surface area contributed by atoms with Crippen molar-refractivity contribution in [3.8, 4) is 17.7 Å². The molecule has 2 aromatic carbocycles. The lowest BCUT2D eigenvalue weighted by atomic mass is 10.1. The average Bonchev–Trinajstić information content (AvgIpc) is 3.16. The number of nitriles is 1. The highest BCUT2D eigenvalue weighted by molar-refractivity contribution is 5.91. The van der Waals surface area contributed by atoms with Crippen LogP contribution in [0.2, 0.25) is 0 Å². The van der Waals surface area contributed by atoms with Gasteiger partial charge in [0, 0.05) is 13.2 Å². The number of pyridine rings is 1. The Morgan fingerprint density at radius 1 is 1.00 bits per heavy atom. The summed E-state index contributed by atoms with van der Waals surface area (Å²) in [6.45, 7) is 0. The van der Waals surface area contributed by atoms with Gasteiger partial charge in [0.2, 0.25) is 5.88 Å². The second kappa shape index (κ2) is 7.85. The van der Waals surface area contributed by atoms with Gasteiger partial charge in [-0.25, -0.2) is 4.98 Å². The van der Waals surface area contributed by atoms with Crippen LogP contribution in [0, 0.1) is 11.3 Å². The van der Waals surface area contributed by atoms with Crippen molar-refractivity contribution < 1.29 is 4.74 Å². The van der Waals surface area contributed by atoms with Crippen LogP contribution < -0.4 is 10.3 Å². The number of aromatic nitrogens is 4. The molecule has 0 saturated carbocycles. The molecule has 3 aromatic heterocycles. The van der Waals surface area contributed by atoms with E-state index in [-0.39, 0.29) is 22.6 Å². The number of para-hydroxylation sites is 3. The lowest BCUT2D eigenvalue weighted by Gasteiger charge is -2.10. The minimum absolute atomic E-state index is 0.124. The molecular weight excluding hydrogens is 402 g/mol. The molecule has 0 radical (unpaired) electrons. The highest BCUT2D eigenvalue weighted by atomic mass is 16.5. The van der Waals surface area contributed by atoms with E-state index in [4.69, 9.17) is 4.74 Å². The Bertz CT molecular complexity index is 1590. The predicted molar refractivity (Wildman–Crippen MR) is 122 cm³/mol. The zero-order chi connectivity index (χ0) is 22.1. The van der Waals surface area contributed by atoms with Gasteiger partial charge in [0.25, 0.3) is 5.56 Å². The Hall–Kier alpha value is -4.70. The number of benzene rings is 2. The molecule has 0 unspecified atom stereocenters. The quantitative estimate of drug-likeness (QED) is 0.402. The minimum Gasteiger partial charge on any atom is -0.438 e. The molecule has 5 aromatic rings. The minimum atomic E-state index is -0.340. The summed E-state index contributed by atoms with van der Waals surface area (Å²) in [7, 11) is 1.84. The van der Waals surface area contributed by atoms with Crippen LogP contribution in [0.4, 0.5) is 0 Å². The normalized spacial score (nSPS) is 11.6. The Morgan fingerprint density at radius 2 is 1.75 bits per heavy atom. The summed E-state index contributed by atoms with van der Waals surface area (Å²) in [5.74, 6) is 1.12. The molecule has 0 N–H and O–H groups in total. The van der Waals surface area contributed by atoms with E-state index in [1.54, 1.807) is 36.5 Å². The van der Waals surface area contributed by atoms with E-state index in [9.17, 15) is 10.1 Å². The number of fused-ring (bicyclic) bond motifs is 2. The monoisotopic (exact) mass is 419 g/mol. The van der Waals surface area contributed by atoms with Crippen LogP contribution in [-0.2, 0) is 7.05 Å². The third-order valence-electron chi connectivity index (χ3n) is 5.13. The van der Waals surface area contributed by atoms with Crippen molar-refractivity contribution in [2.24, 2.45) is 7.05 Å². The molecule has 7 nitrogen and oxygen atoms in total. The zero-order valence-electron chi connectivity index (χ0n) is 17.1. The Balaban J connectivity index is 1.74. The van der Waals surface area contributed by atoms with Gasteiger partial charge in [-0.15, -0.1) is 0 Å². The van der Waals surface area contributed by atoms with Crippen LogP contribution in [0.3, 0.4) is 0 Å². The zero-order valence-corrected chi connectivity index (χ0v) is 17.1. The Morgan fingerprint density at radius 3 is 2.53 bits per heavy atom. The Kier molecular flexibility index (Phi) is 4.73. The van der Waals surface area contributed by atoms with Crippen molar-refractivity contribution in [2.75, 3.05) is 0 Å². The molecule has 154 valence electrons. The lowest BCUT2D eigenvalue weighted by molar-refractivity contribution is 0.461.